The number of amidine groups is 1. The molecular weight excluding hydrogens is 334 g/mol. The third-order valence-electron chi connectivity index (χ3n) is 2.97. The number of benzene rings is 2. The molecule has 0 saturated heterocycles. The molecule has 0 unspecified atom stereocenters. The Labute approximate surface area is 131 Å². The van der Waals surface area contributed by atoms with Crippen LogP contribution < -0.4 is 15.8 Å². The van der Waals surface area contributed by atoms with E-state index in [1.165, 1.54) is 0 Å². The van der Waals surface area contributed by atoms with Gasteiger partial charge in [-0.25, -0.2) is 0 Å². The fourth-order valence-corrected chi connectivity index (χ4v) is 2.32. The third kappa shape index (κ3) is 3.88. The molecule has 21 heavy (non-hydrogen) atoms. The summed E-state index contributed by atoms with van der Waals surface area (Å²) in [6, 6.07) is 13.5. The fraction of sp³-hybridized carbons (Fsp3) is 0.133. The quantitative estimate of drug-likeness (QED) is 0.335. The van der Waals surface area contributed by atoms with E-state index < -0.39 is 0 Å². The minimum atomic E-state index is 0.0242. The zero-order valence-corrected chi connectivity index (χ0v) is 13.1. The normalized spacial score (nSPS) is 11.2. The van der Waals surface area contributed by atoms with E-state index in [1.807, 2.05) is 36.4 Å². The van der Waals surface area contributed by atoms with Crippen molar-refractivity contribution < 1.29 is 9.94 Å². The van der Waals surface area contributed by atoms with Gasteiger partial charge in [-0.15, -0.1) is 0 Å². The van der Waals surface area contributed by atoms with Crippen LogP contribution in [0.1, 0.15) is 11.1 Å². The van der Waals surface area contributed by atoms with Gasteiger partial charge in [0.15, 0.2) is 5.84 Å². The van der Waals surface area contributed by atoms with Gasteiger partial charge in [0.25, 0.3) is 0 Å². The molecule has 0 fully saturated rings. The van der Waals surface area contributed by atoms with Gasteiger partial charge < -0.3 is 21.0 Å². The molecule has 0 radical (unpaired) electrons. The summed E-state index contributed by atoms with van der Waals surface area (Å²) in [5.41, 5.74) is 8.23. The van der Waals surface area contributed by atoms with Crippen LogP contribution >= 0.6 is 15.9 Å². The van der Waals surface area contributed by atoms with Crippen LogP contribution in [-0.2, 0) is 6.54 Å². The number of nitrogens with one attached hydrogen (secondary N) is 1. The number of anilines is 1. The molecule has 4 N–H and O–H groups in total. The van der Waals surface area contributed by atoms with Crippen molar-refractivity contribution in [1.29, 1.82) is 0 Å². The minimum Gasteiger partial charge on any atom is -0.496 e. The van der Waals surface area contributed by atoms with Gasteiger partial charge in [-0.3, -0.25) is 0 Å². The first kappa shape index (κ1) is 15.2. The number of hydrogen-bond acceptors (Lipinski definition) is 4. The number of hydrogen-bond donors (Lipinski definition) is 3. The highest BCUT2D eigenvalue weighted by molar-refractivity contribution is 9.10. The molecule has 0 aromatic heterocycles. The monoisotopic (exact) mass is 349 g/mol. The third-order valence-corrected chi connectivity index (χ3v) is 3.46. The van der Waals surface area contributed by atoms with Crippen molar-refractivity contribution in [3.8, 4) is 5.75 Å². The zero-order chi connectivity index (χ0) is 15.2. The lowest BCUT2D eigenvalue weighted by Gasteiger charge is -2.11. The molecule has 5 nitrogen and oxygen atoms in total. The molecule has 0 aliphatic rings. The first-order chi connectivity index (χ1) is 10.1. The Balaban J connectivity index is 2.17. The fourth-order valence-electron chi connectivity index (χ4n) is 1.92. The van der Waals surface area contributed by atoms with Crippen molar-refractivity contribution in [2.24, 2.45) is 10.9 Å². The SMILES string of the molecule is COc1ccc(CNc2cccc(Br)c2)cc1C(N)=NO. The molecule has 0 heterocycles. The van der Waals surface area contributed by atoms with Crippen LogP contribution in [0.4, 0.5) is 5.69 Å². The molecule has 0 atom stereocenters. The van der Waals surface area contributed by atoms with Gasteiger partial charge in [-0.2, -0.15) is 0 Å². The van der Waals surface area contributed by atoms with Crippen molar-refractivity contribution in [2.75, 3.05) is 12.4 Å². The molecule has 2 aromatic rings. The summed E-state index contributed by atoms with van der Waals surface area (Å²) in [5, 5.41) is 15.2. The first-order valence-corrected chi connectivity index (χ1v) is 7.07. The van der Waals surface area contributed by atoms with E-state index in [0.29, 0.717) is 17.9 Å². The van der Waals surface area contributed by atoms with Crippen molar-refractivity contribution in [3.63, 3.8) is 0 Å². The average molecular weight is 350 g/mol. The summed E-state index contributed by atoms with van der Waals surface area (Å²) in [6.07, 6.45) is 0. The van der Waals surface area contributed by atoms with Crippen LogP contribution in [0, 0.1) is 0 Å². The standard InChI is InChI=1S/C15H16BrN3O2/c1-21-14-6-5-10(7-13(14)15(17)19-20)9-18-12-4-2-3-11(16)8-12/h2-8,18,20H,9H2,1H3,(H2,17,19). The second-order valence-corrected chi connectivity index (χ2v) is 5.30. The second kappa shape index (κ2) is 6.99. The predicted octanol–water partition coefficient (Wildman–Crippen LogP) is 3.16. The highest BCUT2D eigenvalue weighted by atomic mass is 79.9. The van der Waals surface area contributed by atoms with E-state index in [0.717, 1.165) is 15.7 Å². The van der Waals surface area contributed by atoms with E-state index >= 15 is 0 Å². The maximum absolute atomic E-state index is 8.82. The summed E-state index contributed by atoms with van der Waals surface area (Å²) in [7, 11) is 1.54. The molecule has 0 aliphatic carbocycles. The number of ether oxygens (including phenoxy) is 1. The maximum atomic E-state index is 8.82. The summed E-state index contributed by atoms with van der Waals surface area (Å²) in [5.74, 6) is 0.590. The van der Waals surface area contributed by atoms with Gasteiger partial charge >= 0.3 is 0 Å². The summed E-state index contributed by atoms with van der Waals surface area (Å²) >= 11 is 3.43. The molecule has 0 aliphatic heterocycles. The molecule has 0 saturated carbocycles. The highest BCUT2D eigenvalue weighted by Crippen LogP contribution is 2.21. The van der Waals surface area contributed by atoms with Gasteiger partial charge in [-0.1, -0.05) is 33.2 Å². The Kier molecular flexibility index (Phi) is 5.05. The Hall–Kier alpha value is -2.21. The summed E-state index contributed by atoms with van der Waals surface area (Å²) < 4.78 is 6.22. The van der Waals surface area contributed by atoms with Crippen LogP contribution in [-0.4, -0.2) is 18.2 Å². The van der Waals surface area contributed by atoms with E-state index in [1.54, 1.807) is 13.2 Å². The van der Waals surface area contributed by atoms with Crippen LogP contribution in [0.2, 0.25) is 0 Å². The van der Waals surface area contributed by atoms with Gasteiger partial charge in [0.1, 0.15) is 5.75 Å². The van der Waals surface area contributed by atoms with Crippen molar-refractivity contribution in [2.45, 2.75) is 6.54 Å². The molecule has 2 aromatic carbocycles. The van der Waals surface area contributed by atoms with E-state index in [4.69, 9.17) is 15.7 Å². The molecule has 0 bridgehead atoms. The lowest BCUT2D eigenvalue weighted by Crippen LogP contribution is -2.15. The van der Waals surface area contributed by atoms with Crippen LogP contribution in [0.5, 0.6) is 5.75 Å². The van der Waals surface area contributed by atoms with Crippen LogP contribution in [0.25, 0.3) is 0 Å². The smallest absolute Gasteiger partial charge is 0.173 e. The molecular formula is C15H16BrN3O2. The van der Waals surface area contributed by atoms with Crippen molar-refractivity contribution in [3.05, 3.63) is 58.1 Å². The molecule has 110 valence electrons. The van der Waals surface area contributed by atoms with Gasteiger partial charge in [-0.05, 0) is 35.9 Å². The zero-order valence-electron chi connectivity index (χ0n) is 11.5. The Bertz CT molecular complexity index is 659. The van der Waals surface area contributed by atoms with Crippen LogP contribution in [0.3, 0.4) is 0 Å². The van der Waals surface area contributed by atoms with Crippen LogP contribution in [0.15, 0.2) is 52.1 Å². The lowest BCUT2D eigenvalue weighted by molar-refractivity contribution is 0.318. The van der Waals surface area contributed by atoms with Crippen molar-refractivity contribution in [1.82, 2.24) is 0 Å². The predicted molar refractivity (Wildman–Crippen MR) is 87.0 cm³/mol. The summed E-state index contributed by atoms with van der Waals surface area (Å²) in [6.45, 7) is 0.617. The number of nitrogens with zero attached hydrogens (tertiary/aromatic N) is 1. The maximum Gasteiger partial charge on any atom is 0.173 e. The molecule has 6 heteroatoms. The highest BCUT2D eigenvalue weighted by Gasteiger charge is 2.09. The van der Waals surface area contributed by atoms with Gasteiger partial charge in [0.05, 0.1) is 12.7 Å². The molecule has 0 amide bonds. The number of halogens is 1. The first-order valence-electron chi connectivity index (χ1n) is 6.28. The number of nitrogens with two attached hydrogens (primary N) is 1. The topological polar surface area (TPSA) is 79.9 Å². The second-order valence-electron chi connectivity index (χ2n) is 4.38. The molecule has 2 rings (SSSR count). The van der Waals surface area contributed by atoms with Gasteiger partial charge in [0.2, 0.25) is 0 Å². The minimum absolute atomic E-state index is 0.0242. The van der Waals surface area contributed by atoms with E-state index in [9.17, 15) is 0 Å². The Morgan fingerprint density at radius 1 is 1.33 bits per heavy atom. The van der Waals surface area contributed by atoms with E-state index in [2.05, 4.69) is 26.4 Å². The Morgan fingerprint density at radius 2 is 2.14 bits per heavy atom. The van der Waals surface area contributed by atoms with Gasteiger partial charge in [0, 0.05) is 16.7 Å². The number of methoxy groups -OCH3 is 1. The van der Waals surface area contributed by atoms with E-state index in [-0.39, 0.29) is 5.84 Å². The number of rotatable bonds is 5. The Morgan fingerprint density at radius 3 is 2.81 bits per heavy atom. The average Bonchev–Trinajstić information content (AvgIpc) is 2.52. The summed E-state index contributed by atoms with van der Waals surface area (Å²) in [4.78, 5) is 0. The lowest BCUT2D eigenvalue weighted by atomic mass is 10.1. The number of oxime groups is 1. The molecule has 0 spiro atoms. The largest absolute Gasteiger partial charge is 0.496 e. The van der Waals surface area contributed by atoms with Crippen molar-refractivity contribution >= 4 is 27.5 Å².